The van der Waals surface area contributed by atoms with Crippen LogP contribution in [0.2, 0.25) is 5.54 Å². The Morgan fingerprint density at radius 2 is 1.68 bits per heavy atom. The Labute approximate surface area is 121 Å². The summed E-state index contributed by atoms with van der Waals surface area (Å²) in [5.41, 5.74) is 3.82. The van der Waals surface area contributed by atoms with Gasteiger partial charge in [-0.25, -0.2) is 5.17 Å². The van der Waals surface area contributed by atoms with E-state index in [4.69, 9.17) is 0 Å². The van der Waals surface area contributed by atoms with E-state index in [-0.39, 0.29) is 0 Å². The van der Waals surface area contributed by atoms with Crippen LogP contribution >= 0.6 is 0 Å². The lowest BCUT2D eigenvalue weighted by Crippen LogP contribution is -2.31. The van der Waals surface area contributed by atoms with Gasteiger partial charge in [0, 0.05) is 0 Å². The van der Waals surface area contributed by atoms with E-state index in [9.17, 15) is 0 Å². The number of hydrogen-bond acceptors (Lipinski definition) is 0. The van der Waals surface area contributed by atoms with E-state index in [1.54, 1.807) is 5.17 Å². The van der Waals surface area contributed by atoms with Crippen molar-refractivity contribution < 1.29 is 0 Å². The van der Waals surface area contributed by atoms with Crippen LogP contribution in [0.5, 0.6) is 0 Å². The van der Waals surface area contributed by atoms with Crippen LogP contribution in [0.1, 0.15) is 53.9 Å². The van der Waals surface area contributed by atoms with Crippen molar-refractivity contribution in [2.24, 2.45) is 23.7 Å². The molecule has 3 unspecified atom stereocenters. The molecule has 0 radical (unpaired) electrons. The molecule has 106 valence electrons. The lowest BCUT2D eigenvalue weighted by atomic mass is 9.77. The van der Waals surface area contributed by atoms with Gasteiger partial charge in [-0.05, 0) is 25.2 Å². The summed E-state index contributed by atoms with van der Waals surface area (Å²) >= 11 is 0. The third-order valence-electron chi connectivity index (χ3n) is 4.96. The molecule has 0 bridgehead atoms. The molecular weight excluding hydrogens is 244 g/mol. The van der Waals surface area contributed by atoms with E-state index < -0.39 is 0 Å². The highest BCUT2D eigenvalue weighted by molar-refractivity contribution is 6.60. The first-order chi connectivity index (χ1) is 8.88. The molecule has 1 saturated carbocycles. The summed E-state index contributed by atoms with van der Waals surface area (Å²) in [5.74, 6) is 3.32. The van der Waals surface area contributed by atoms with Gasteiger partial charge in [0.2, 0.25) is 0 Å². The van der Waals surface area contributed by atoms with Crippen LogP contribution in [-0.2, 0) is 0 Å². The molecule has 0 aromatic carbocycles. The van der Waals surface area contributed by atoms with Crippen molar-refractivity contribution in [3.05, 3.63) is 23.8 Å². The Balaban J connectivity index is 2.22. The molecule has 0 saturated heterocycles. The average molecular weight is 274 g/mol. The summed E-state index contributed by atoms with van der Waals surface area (Å²) in [6.07, 6.45) is 6.41. The molecule has 1 fully saturated rings. The third-order valence-corrected chi connectivity index (χ3v) is 7.55. The van der Waals surface area contributed by atoms with Gasteiger partial charge in [0.15, 0.2) is 0 Å². The highest BCUT2D eigenvalue weighted by Crippen LogP contribution is 2.41. The Morgan fingerprint density at radius 1 is 1.11 bits per heavy atom. The van der Waals surface area contributed by atoms with E-state index in [1.807, 2.05) is 0 Å². The second-order valence-electron chi connectivity index (χ2n) is 7.20. The summed E-state index contributed by atoms with van der Waals surface area (Å²) in [7, 11) is 1.00. The van der Waals surface area contributed by atoms with E-state index in [2.05, 4.69) is 47.3 Å². The molecule has 2 rings (SSSR count). The molecule has 3 atom stereocenters. The Morgan fingerprint density at radius 3 is 2.21 bits per heavy atom. The normalized spacial score (nSPS) is 42.4. The smallest absolute Gasteiger partial charge is 0.0106 e. The summed E-state index contributed by atoms with van der Waals surface area (Å²) in [5, 5.41) is 1.67. The lowest BCUT2D eigenvalue weighted by Gasteiger charge is -2.46. The fourth-order valence-electron chi connectivity index (χ4n) is 4.24. The second-order valence-corrected chi connectivity index (χ2v) is 8.69. The van der Waals surface area contributed by atoms with Crippen LogP contribution in [0.15, 0.2) is 23.8 Å². The minimum atomic E-state index is 0.623. The minimum absolute atomic E-state index is 0.623. The van der Waals surface area contributed by atoms with Gasteiger partial charge >= 0.3 is 0 Å². The maximum atomic E-state index is 4.36. The van der Waals surface area contributed by atoms with Crippen LogP contribution in [-0.4, -0.2) is 14.3 Å². The van der Waals surface area contributed by atoms with Gasteiger partial charge in [-0.15, -0.1) is 0 Å². The van der Waals surface area contributed by atoms with Gasteiger partial charge in [-0.1, -0.05) is 76.2 Å². The van der Waals surface area contributed by atoms with Gasteiger partial charge in [0.25, 0.3) is 0 Å². The zero-order valence-corrected chi connectivity index (χ0v) is 14.3. The first-order valence-electron chi connectivity index (χ1n) is 7.87. The zero-order chi connectivity index (χ0) is 14.2. The van der Waals surface area contributed by atoms with Crippen LogP contribution in [0.3, 0.4) is 0 Å². The monoisotopic (exact) mass is 273 g/mol. The maximum absolute atomic E-state index is 4.36. The van der Waals surface area contributed by atoms with Crippen molar-refractivity contribution in [3.63, 3.8) is 0 Å². The van der Waals surface area contributed by atoms with Gasteiger partial charge in [-0.3, -0.25) is 0 Å². The molecule has 19 heavy (non-hydrogen) atoms. The van der Waals surface area contributed by atoms with E-state index >= 15 is 0 Å². The molecule has 0 spiro atoms. The third kappa shape index (κ3) is 3.37. The largest absolute Gasteiger partial charge is 0.434 e. The number of hydrogen-bond donors (Lipinski definition) is 0. The van der Waals surface area contributed by atoms with E-state index in [0.29, 0.717) is 5.92 Å². The van der Waals surface area contributed by atoms with Crippen molar-refractivity contribution in [3.8, 4) is 0 Å². The van der Waals surface area contributed by atoms with Gasteiger partial charge in [0.1, 0.15) is 0 Å². The number of rotatable bonds is 1. The number of allylic oxidation sites excluding steroid dienone is 3. The highest BCUT2D eigenvalue weighted by atomic mass is 28.2. The van der Waals surface area contributed by atoms with Crippen molar-refractivity contribution in [1.82, 2.24) is 0 Å². The second kappa shape index (κ2) is 5.91. The van der Waals surface area contributed by atoms with Gasteiger partial charge in [0.05, 0.1) is 0 Å². The molecule has 2 aliphatic carbocycles. The molecule has 0 heterocycles. The first-order valence-corrected chi connectivity index (χ1v) is 8.95. The van der Waals surface area contributed by atoms with Crippen molar-refractivity contribution in [2.75, 3.05) is 0 Å². The predicted octanol–water partition coefficient (Wildman–Crippen LogP) is 4.90. The summed E-state index contributed by atoms with van der Waals surface area (Å²) in [6, 6.07) is 0. The Bertz CT molecular complexity index is 403. The summed E-state index contributed by atoms with van der Waals surface area (Å²) in [4.78, 5) is 0. The van der Waals surface area contributed by atoms with E-state index in [0.717, 1.165) is 38.8 Å². The van der Waals surface area contributed by atoms with Crippen molar-refractivity contribution in [1.29, 1.82) is 0 Å². The molecule has 0 N–H and O–H groups in total. The van der Waals surface area contributed by atoms with Crippen LogP contribution < -0.4 is 0 Å². The molecule has 0 aromatic rings. The quantitative estimate of drug-likeness (QED) is 0.471. The fraction of sp³-hybridized carbons (Fsp3) is 0.722. The van der Waals surface area contributed by atoms with Crippen molar-refractivity contribution in [2.45, 2.75) is 59.4 Å². The molecule has 2 aliphatic rings. The fourth-order valence-corrected chi connectivity index (χ4v) is 6.08. The van der Waals surface area contributed by atoms with Gasteiger partial charge in [-0.2, -0.15) is 5.54 Å². The predicted molar refractivity (Wildman–Crippen MR) is 87.9 cm³/mol. The molecular formula is C18H29Si-. The summed E-state index contributed by atoms with van der Waals surface area (Å²) < 4.78 is 0. The Hall–Kier alpha value is -0.433. The average Bonchev–Trinajstić information content (AvgIpc) is 2.25. The van der Waals surface area contributed by atoms with Crippen LogP contribution in [0.4, 0.5) is 0 Å². The minimum Gasteiger partial charge on any atom is -0.434 e. The SMILES string of the molecule is C=C1CC(C)=CC(C)C1=[Si-]C1C(C)CC(C)CC1C. The topological polar surface area (TPSA) is 0 Å². The van der Waals surface area contributed by atoms with Gasteiger partial charge < -0.3 is 9.13 Å². The standard InChI is InChI=1S/C18H29Si/c1-11-7-13(3)17(14(4)8-11)19-18-15(5)9-12(2)10-16(18)6/h8,12,14-16,18H,3,7,9-10H2,1-2,4-6H3/q-1. The first kappa shape index (κ1) is 15.0. The van der Waals surface area contributed by atoms with E-state index in [1.165, 1.54) is 24.0 Å². The summed E-state index contributed by atoms with van der Waals surface area (Å²) in [6.45, 7) is 16.3. The molecule has 0 nitrogen and oxygen atoms in total. The van der Waals surface area contributed by atoms with Crippen LogP contribution in [0, 0.1) is 23.7 Å². The van der Waals surface area contributed by atoms with Crippen LogP contribution in [0.25, 0.3) is 0 Å². The molecule has 0 aliphatic heterocycles. The lowest BCUT2D eigenvalue weighted by molar-refractivity contribution is 0.234. The van der Waals surface area contributed by atoms with Crippen molar-refractivity contribution >= 4 is 14.3 Å². The Kier molecular flexibility index (Phi) is 4.65. The zero-order valence-electron chi connectivity index (χ0n) is 13.3. The molecule has 1 heteroatoms. The maximum Gasteiger partial charge on any atom is -0.0106 e. The molecule has 0 amide bonds. The molecule has 0 aromatic heterocycles. The highest BCUT2D eigenvalue weighted by Gasteiger charge is 2.24.